The van der Waals surface area contributed by atoms with Crippen LogP contribution in [0.4, 0.5) is 0 Å². The van der Waals surface area contributed by atoms with E-state index >= 15 is 0 Å². The Kier molecular flexibility index (Phi) is 5.24. The summed E-state index contributed by atoms with van der Waals surface area (Å²) in [7, 11) is 0. The van der Waals surface area contributed by atoms with Crippen molar-refractivity contribution in [1.82, 2.24) is 23.6 Å². The number of nitrogens with one attached hydrogen (secondary N) is 1. The molecule has 1 aliphatic rings. The molecule has 0 aliphatic carbocycles. The van der Waals surface area contributed by atoms with Crippen molar-refractivity contribution in [2.45, 2.75) is 38.9 Å². The zero-order valence-electron chi connectivity index (χ0n) is 18.4. The Bertz CT molecular complexity index is 1530. The zero-order valence-corrected chi connectivity index (χ0v) is 18.4. The molecule has 4 aromatic rings. The minimum absolute atomic E-state index is 0.00301. The first kappa shape index (κ1) is 21.0. The van der Waals surface area contributed by atoms with E-state index in [0.29, 0.717) is 36.8 Å². The number of piperidine rings is 1. The standard InChI is InChI=1S/C24H25N5O4/c1-2-27-22(31)17-7-3-5-9-19(17)28(24(27)33)15-21(30)26-13-11-16(12-14-26)29-20-10-6-4-8-18(20)25-23(29)32/h3-10,16H,2,11-15H2,1H3,(H,25,32). The number of carbonyl (C=O) groups excluding carboxylic acids is 1. The average molecular weight is 447 g/mol. The van der Waals surface area contributed by atoms with Crippen LogP contribution in [0.15, 0.2) is 62.9 Å². The van der Waals surface area contributed by atoms with Crippen LogP contribution < -0.4 is 16.9 Å². The van der Waals surface area contributed by atoms with Crippen LogP contribution in [0.25, 0.3) is 21.9 Å². The summed E-state index contributed by atoms with van der Waals surface area (Å²) in [5.41, 5.74) is 1.18. The summed E-state index contributed by atoms with van der Waals surface area (Å²) in [6, 6.07) is 14.5. The van der Waals surface area contributed by atoms with Gasteiger partial charge in [-0.15, -0.1) is 0 Å². The van der Waals surface area contributed by atoms with Gasteiger partial charge in [0.15, 0.2) is 0 Å². The molecule has 0 radical (unpaired) electrons. The molecule has 0 bridgehead atoms. The van der Waals surface area contributed by atoms with Crippen LogP contribution >= 0.6 is 0 Å². The zero-order chi connectivity index (χ0) is 23.1. The topological polar surface area (TPSA) is 102 Å². The highest BCUT2D eigenvalue weighted by Gasteiger charge is 2.27. The fourth-order valence-corrected chi connectivity index (χ4v) is 4.85. The number of fused-ring (bicyclic) bond motifs is 2. The average Bonchev–Trinajstić information content (AvgIpc) is 3.17. The molecule has 33 heavy (non-hydrogen) atoms. The molecule has 0 atom stereocenters. The van der Waals surface area contributed by atoms with Crippen molar-refractivity contribution in [2.75, 3.05) is 13.1 Å². The van der Waals surface area contributed by atoms with Gasteiger partial charge in [-0.05, 0) is 44.0 Å². The van der Waals surface area contributed by atoms with Gasteiger partial charge in [-0.3, -0.25) is 23.3 Å². The van der Waals surface area contributed by atoms with Crippen molar-refractivity contribution in [3.8, 4) is 0 Å². The SMILES string of the molecule is CCn1c(=O)c2ccccc2n(CC(=O)N2CCC(n3c(=O)[nH]c4ccccc43)CC2)c1=O. The number of benzene rings is 2. The maximum atomic E-state index is 13.1. The summed E-state index contributed by atoms with van der Waals surface area (Å²) in [4.78, 5) is 55.8. The Labute approximate surface area is 188 Å². The van der Waals surface area contributed by atoms with Gasteiger partial charge in [-0.1, -0.05) is 24.3 Å². The summed E-state index contributed by atoms with van der Waals surface area (Å²) in [5, 5.41) is 0.421. The van der Waals surface area contributed by atoms with Gasteiger partial charge in [0.05, 0.1) is 21.9 Å². The molecule has 9 nitrogen and oxygen atoms in total. The smallest absolute Gasteiger partial charge is 0.331 e. The van der Waals surface area contributed by atoms with Gasteiger partial charge in [0.25, 0.3) is 5.56 Å². The number of para-hydroxylation sites is 3. The van der Waals surface area contributed by atoms with Crippen LogP contribution in [0.5, 0.6) is 0 Å². The summed E-state index contributed by atoms with van der Waals surface area (Å²) in [5.74, 6) is -0.173. The molecule has 1 fully saturated rings. The molecule has 0 unspecified atom stereocenters. The van der Waals surface area contributed by atoms with Crippen molar-refractivity contribution in [3.05, 3.63) is 79.9 Å². The molecule has 3 heterocycles. The maximum absolute atomic E-state index is 13.1. The summed E-state index contributed by atoms with van der Waals surface area (Å²) < 4.78 is 4.33. The summed E-state index contributed by atoms with van der Waals surface area (Å²) >= 11 is 0. The van der Waals surface area contributed by atoms with Gasteiger partial charge in [0, 0.05) is 25.7 Å². The predicted molar refractivity (Wildman–Crippen MR) is 126 cm³/mol. The third-order valence-electron chi connectivity index (χ3n) is 6.55. The van der Waals surface area contributed by atoms with Crippen molar-refractivity contribution >= 4 is 27.8 Å². The van der Waals surface area contributed by atoms with Gasteiger partial charge >= 0.3 is 11.4 Å². The summed E-state index contributed by atoms with van der Waals surface area (Å²) in [6.07, 6.45) is 1.30. The molecular weight excluding hydrogens is 422 g/mol. The molecule has 1 N–H and O–H groups in total. The molecule has 0 spiro atoms. The fraction of sp³-hybridized carbons (Fsp3) is 0.333. The molecular formula is C24H25N5O4. The Morgan fingerprint density at radius 3 is 2.33 bits per heavy atom. The number of hydrogen-bond donors (Lipinski definition) is 1. The molecule has 1 amide bonds. The second kappa shape index (κ2) is 8.23. The normalized spacial score (nSPS) is 14.9. The van der Waals surface area contributed by atoms with Gasteiger partial charge in [0.2, 0.25) is 5.91 Å². The second-order valence-electron chi connectivity index (χ2n) is 8.36. The second-order valence-corrected chi connectivity index (χ2v) is 8.36. The molecule has 9 heteroatoms. The number of hydrogen-bond acceptors (Lipinski definition) is 4. The maximum Gasteiger partial charge on any atom is 0.331 e. The number of amides is 1. The first-order valence-electron chi connectivity index (χ1n) is 11.2. The van der Waals surface area contributed by atoms with Crippen molar-refractivity contribution in [2.24, 2.45) is 0 Å². The van der Waals surface area contributed by atoms with Crippen LogP contribution in [0.2, 0.25) is 0 Å². The Balaban J connectivity index is 1.38. The van der Waals surface area contributed by atoms with E-state index in [4.69, 9.17) is 0 Å². The van der Waals surface area contributed by atoms with Crippen LogP contribution in [0.3, 0.4) is 0 Å². The van der Waals surface area contributed by atoms with E-state index in [0.717, 1.165) is 15.6 Å². The molecule has 5 rings (SSSR count). The number of imidazole rings is 1. The van der Waals surface area contributed by atoms with Crippen molar-refractivity contribution in [3.63, 3.8) is 0 Å². The van der Waals surface area contributed by atoms with E-state index in [2.05, 4.69) is 4.98 Å². The minimum atomic E-state index is -0.477. The molecule has 2 aromatic carbocycles. The summed E-state index contributed by atoms with van der Waals surface area (Å²) in [6.45, 7) is 2.84. The highest BCUT2D eigenvalue weighted by molar-refractivity contribution is 5.82. The molecule has 0 saturated carbocycles. The monoisotopic (exact) mass is 447 g/mol. The van der Waals surface area contributed by atoms with Crippen LogP contribution in [-0.2, 0) is 17.9 Å². The number of likely N-dealkylation sites (tertiary alicyclic amines) is 1. The first-order chi connectivity index (χ1) is 16.0. The van der Waals surface area contributed by atoms with E-state index in [1.165, 1.54) is 4.57 Å². The molecule has 1 saturated heterocycles. The van der Waals surface area contributed by atoms with Crippen molar-refractivity contribution in [1.29, 1.82) is 0 Å². The fourth-order valence-electron chi connectivity index (χ4n) is 4.85. The number of aromatic amines is 1. The third-order valence-corrected chi connectivity index (χ3v) is 6.55. The quantitative estimate of drug-likeness (QED) is 0.514. The lowest BCUT2D eigenvalue weighted by Gasteiger charge is -2.32. The van der Waals surface area contributed by atoms with E-state index in [1.807, 2.05) is 24.3 Å². The number of rotatable bonds is 4. The Morgan fingerprint density at radius 2 is 1.61 bits per heavy atom. The van der Waals surface area contributed by atoms with E-state index in [9.17, 15) is 19.2 Å². The van der Waals surface area contributed by atoms with E-state index in [-0.39, 0.29) is 36.3 Å². The number of nitrogens with zero attached hydrogens (tertiary/aromatic N) is 4. The Morgan fingerprint density at radius 1 is 0.939 bits per heavy atom. The molecule has 2 aromatic heterocycles. The van der Waals surface area contributed by atoms with Gasteiger partial charge in [-0.25, -0.2) is 9.59 Å². The minimum Gasteiger partial charge on any atom is -0.341 e. The third kappa shape index (κ3) is 3.49. The highest BCUT2D eigenvalue weighted by atomic mass is 16.2. The van der Waals surface area contributed by atoms with Gasteiger partial charge in [-0.2, -0.15) is 0 Å². The lowest BCUT2D eigenvalue weighted by molar-refractivity contribution is -0.133. The van der Waals surface area contributed by atoms with Crippen LogP contribution in [0, 0.1) is 0 Å². The lowest BCUT2D eigenvalue weighted by atomic mass is 10.0. The largest absolute Gasteiger partial charge is 0.341 e. The number of carbonyl (C=O) groups is 1. The predicted octanol–water partition coefficient (Wildman–Crippen LogP) is 1.69. The van der Waals surface area contributed by atoms with Crippen molar-refractivity contribution < 1.29 is 4.79 Å². The van der Waals surface area contributed by atoms with Crippen LogP contribution in [-0.4, -0.2) is 42.6 Å². The molecule has 170 valence electrons. The number of aromatic nitrogens is 4. The Hall–Kier alpha value is -3.88. The van der Waals surface area contributed by atoms with Gasteiger partial charge < -0.3 is 9.88 Å². The van der Waals surface area contributed by atoms with E-state index < -0.39 is 5.69 Å². The molecule has 1 aliphatic heterocycles. The lowest BCUT2D eigenvalue weighted by Crippen LogP contribution is -2.45. The van der Waals surface area contributed by atoms with E-state index in [1.54, 1.807) is 40.7 Å². The first-order valence-corrected chi connectivity index (χ1v) is 11.2. The highest BCUT2D eigenvalue weighted by Crippen LogP contribution is 2.25. The number of H-pyrrole nitrogens is 1. The van der Waals surface area contributed by atoms with Gasteiger partial charge in [0.1, 0.15) is 6.54 Å². The van der Waals surface area contributed by atoms with Crippen LogP contribution in [0.1, 0.15) is 25.8 Å².